The van der Waals surface area contributed by atoms with Crippen LogP contribution in [-0.4, -0.2) is 60.6 Å². The Morgan fingerprint density at radius 3 is 2.66 bits per heavy atom. The van der Waals surface area contributed by atoms with Gasteiger partial charge in [-0.25, -0.2) is 12.8 Å². The minimum atomic E-state index is -3.71. The standard InChI is InChI=1S/C22H24ClFN4O3S/c1-21(13-32(30,31)22(20(25)27-21)7-8-28(2)12-22)16-9-14(3-5-17(16)24)10-19(29)18-6-4-15(23)11-26-18/h3-6,9,11H,7-8,10,12-13H2,1-2H3,(H2,25,27)/t21-,22?/m0/s1. The summed E-state index contributed by atoms with van der Waals surface area (Å²) in [5.41, 5.74) is 5.70. The molecule has 2 atom stereocenters. The fourth-order valence-electron chi connectivity index (χ4n) is 4.55. The van der Waals surface area contributed by atoms with Gasteiger partial charge >= 0.3 is 0 Å². The molecule has 0 saturated carbocycles. The maximum atomic E-state index is 14.9. The maximum absolute atomic E-state index is 14.9. The lowest BCUT2D eigenvalue weighted by Crippen LogP contribution is -2.59. The van der Waals surface area contributed by atoms with E-state index < -0.39 is 25.9 Å². The third-order valence-corrected chi connectivity index (χ3v) is 9.21. The summed E-state index contributed by atoms with van der Waals surface area (Å²) >= 11 is 5.81. The van der Waals surface area contributed by atoms with Crippen LogP contribution in [0.25, 0.3) is 0 Å². The van der Waals surface area contributed by atoms with Gasteiger partial charge in [0.15, 0.2) is 15.6 Å². The van der Waals surface area contributed by atoms with Gasteiger partial charge in [0.2, 0.25) is 0 Å². The number of nitrogens with two attached hydrogens (primary N) is 1. The zero-order chi connectivity index (χ0) is 23.3. The van der Waals surface area contributed by atoms with Crippen LogP contribution < -0.4 is 5.73 Å². The van der Waals surface area contributed by atoms with E-state index in [1.54, 1.807) is 13.0 Å². The van der Waals surface area contributed by atoms with Crippen LogP contribution >= 0.6 is 11.6 Å². The van der Waals surface area contributed by atoms with Crippen LogP contribution in [-0.2, 0) is 21.8 Å². The number of benzene rings is 1. The molecule has 3 heterocycles. The van der Waals surface area contributed by atoms with Gasteiger partial charge in [-0.05, 0) is 56.8 Å². The van der Waals surface area contributed by atoms with Gasteiger partial charge in [0, 0.05) is 24.7 Å². The molecule has 10 heteroatoms. The van der Waals surface area contributed by atoms with Gasteiger partial charge in [-0.15, -0.1) is 0 Å². The minimum Gasteiger partial charge on any atom is -0.386 e. The number of amidine groups is 1. The Labute approximate surface area is 191 Å². The van der Waals surface area contributed by atoms with E-state index in [2.05, 4.69) is 9.98 Å². The molecule has 1 aromatic carbocycles. The Hall–Kier alpha value is -2.36. The fraction of sp³-hybridized carbons (Fsp3) is 0.409. The van der Waals surface area contributed by atoms with E-state index in [-0.39, 0.29) is 41.6 Å². The van der Waals surface area contributed by atoms with Crippen LogP contribution in [0.1, 0.15) is 35.0 Å². The number of carbonyl (C=O) groups excluding carboxylic acids is 1. The average Bonchev–Trinajstić information content (AvgIpc) is 3.12. The van der Waals surface area contributed by atoms with Crippen molar-refractivity contribution in [2.45, 2.75) is 30.1 Å². The second kappa shape index (κ2) is 7.90. The Balaban J connectivity index is 1.69. The molecule has 1 unspecified atom stereocenters. The molecule has 1 aromatic heterocycles. The Bertz CT molecular complexity index is 1220. The quantitative estimate of drug-likeness (QED) is 0.676. The third kappa shape index (κ3) is 3.82. The molecule has 0 radical (unpaired) electrons. The number of carbonyl (C=O) groups is 1. The van der Waals surface area contributed by atoms with Crippen molar-refractivity contribution >= 4 is 33.1 Å². The van der Waals surface area contributed by atoms with Crippen LogP contribution in [0.2, 0.25) is 5.02 Å². The van der Waals surface area contributed by atoms with Crippen molar-refractivity contribution in [1.29, 1.82) is 0 Å². The summed E-state index contributed by atoms with van der Waals surface area (Å²) in [5.74, 6) is -1.21. The normalized spacial score (nSPS) is 27.4. The summed E-state index contributed by atoms with van der Waals surface area (Å²) in [6.45, 7) is 2.43. The highest BCUT2D eigenvalue weighted by molar-refractivity contribution is 7.93. The lowest BCUT2D eigenvalue weighted by Gasteiger charge is -2.39. The second-order valence-electron chi connectivity index (χ2n) is 8.79. The molecular weight excluding hydrogens is 455 g/mol. The van der Waals surface area contributed by atoms with Gasteiger partial charge in [0.05, 0.1) is 10.8 Å². The van der Waals surface area contributed by atoms with Gasteiger partial charge < -0.3 is 10.6 Å². The number of aliphatic imine (C=N–C) groups is 1. The van der Waals surface area contributed by atoms with E-state index in [4.69, 9.17) is 17.3 Å². The predicted octanol–water partition coefficient (Wildman–Crippen LogP) is 2.37. The number of likely N-dealkylation sites (tertiary alicyclic amines) is 1. The lowest BCUT2D eigenvalue weighted by molar-refractivity contribution is 0.0988. The first-order chi connectivity index (χ1) is 15.0. The molecule has 2 aliphatic heterocycles. The highest BCUT2D eigenvalue weighted by Gasteiger charge is 2.57. The molecular formula is C22H24ClFN4O3S. The topological polar surface area (TPSA) is 106 Å². The van der Waals surface area contributed by atoms with Crippen LogP contribution in [0.15, 0.2) is 41.5 Å². The predicted molar refractivity (Wildman–Crippen MR) is 121 cm³/mol. The van der Waals surface area contributed by atoms with Crippen molar-refractivity contribution < 1.29 is 17.6 Å². The van der Waals surface area contributed by atoms with E-state index in [1.165, 1.54) is 30.5 Å². The van der Waals surface area contributed by atoms with Gasteiger partial charge in [0.1, 0.15) is 27.6 Å². The molecule has 1 spiro atoms. The van der Waals surface area contributed by atoms with Crippen molar-refractivity contribution in [3.05, 3.63) is 64.2 Å². The number of pyridine rings is 1. The van der Waals surface area contributed by atoms with Crippen LogP contribution in [0.3, 0.4) is 0 Å². The van der Waals surface area contributed by atoms with Crippen LogP contribution in [0, 0.1) is 5.82 Å². The molecule has 0 bridgehead atoms. The molecule has 2 aliphatic rings. The summed E-state index contributed by atoms with van der Waals surface area (Å²) < 4.78 is 40.4. The van der Waals surface area contributed by atoms with Gasteiger partial charge in [0.25, 0.3) is 0 Å². The number of sulfone groups is 1. The van der Waals surface area contributed by atoms with Crippen molar-refractivity contribution in [3.8, 4) is 0 Å². The summed E-state index contributed by atoms with van der Waals surface area (Å²) in [6.07, 6.45) is 1.72. The number of nitrogens with zero attached hydrogens (tertiary/aromatic N) is 3. The summed E-state index contributed by atoms with van der Waals surface area (Å²) in [6, 6.07) is 7.30. The molecule has 2 N–H and O–H groups in total. The maximum Gasteiger partial charge on any atom is 0.185 e. The summed E-state index contributed by atoms with van der Waals surface area (Å²) in [7, 11) is -1.88. The van der Waals surface area contributed by atoms with Gasteiger partial charge in [-0.3, -0.25) is 14.8 Å². The number of hydrogen-bond acceptors (Lipinski definition) is 7. The highest BCUT2D eigenvalue weighted by Crippen LogP contribution is 2.41. The van der Waals surface area contributed by atoms with Gasteiger partial charge in [-0.2, -0.15) is 0 Å². The van der Waals surface area contributed by atoms with E-state index in [1.807, 2.05) is 11.9 Å². The van der Waals surface area contributed by atoms with Crippen LogP contribution in [0.5, 0.6) is 0 Å². The first-order valence-corrected chi connectivity index (χ1v) is 12.2. The fourth-order valence-corrected chi connectivity index (χ4v) is 7.08. The SMILES string of the molecule is CN1CCC2(C1)C(N)=N[C@](C)(c1cc(CC(=O)c3ccc(Cl)cn3)ccc1F)CS2(=O)=O. The van der Waals surface area contributed by atoms with E-state index >= 15 is 0 Å². The first kappa shape index (κ1) is 22.8. The second-order valence-corrected chi connectivity index (χ2v) is 11.5. The Morgan fingerprint density at radius 1 is 1.31 bits per heavy atom. The molecule has 2 aromatic rings. The smallest absolute Gasteiger partial charge is 0.185 e. The number of hydrogen-bond donors (Lipinski definition) is 1. The summed E-state index contributed by atoms with van der Waals surface area (Å²) in [4.78, 5) is 23.0. The minimum absolute atomic E-state index is 0.0156. The van der Waals surface area contributed by atoms with E-state index in [0.717, 1.165) is 0 Å². The number of rotatable bonds is 4. The molecule has 1 fully saturated rings. The third-order valence-electron chi connectivity index (χ3n) is 6.31. The first-order valence-electron chi connectivity index (χ1n) is 10.2. The van der Waals surface area contributed by atoms with E-state index in [0.29, 0.717) is 23.6 Å². The number of ketones is 1. The molecule has 0 aliphatic carbocycles. The Morgan fingerprint density at radius 2 is 2.06 bits per heavy atom. The van der Waals surface area contributed by atoms with Crippen LogP contribution in [0.4, 0.5) is 4.39 Å². The largest absolute Gasteiger partial charge is 0.386 e. The van der Waals surface area contributed by atoms with Crippen molar-refractivity contribution in [2.24, 2.45) is 10.7 Å². The molecule has 170 valence electrons. The highest BCUT2D eigenvalue weighted by atomic mass is 35.5. The van der Waals surface area contributed by atoms with Crippen molar-refractivity contribution in [1.82, 2.24) is 9.88 Å². The lowest BCUT2D eigenvalue weighted by atomic mass is 9.90. The number of aromatic nitrogens is 1. The average molecular weight is 479 g/mol. The van der Waals surface area contributed by atoms with Gasteiger partial charge in [-0.1, -0.05) is 17.7 Å². The molecule has 4 rings (SSSR count). The van der Waals surface area contributed by atoms with Crippen molar-refractivity contribution in [3.63, 3.8) is 0 Å². The van der Waals surface area contributed by atoms with Crippen molar-refractivity contribution in [2.75, 3.05) is 25.9 Å². The number of halogens is 2. The molecule has 32 heavy (non-hydrogen) atoms. The molecule has 7 nitrogen and oxygen atoms in total. The monoisotopic (exact) mass is 478 g/mol. The zero-order valence-corrected chi connectivity index (χ0v) is 19.4. The Kier molecular flexibility index (Phi) is 5.63. The summed E-state index contributed by atoms with van der Waals surface area (Å²) in [5, 5.41) is 0.415. The zero-order valence-electron chi connectivity index (χ0n) is 17.8. The molecule has 1 saturated heterocycles. The number of Topliss-reactive ketones (excluding diaryl/α,β-unsaturated/α-hetero) is 1. The van der Waals surface area contributed by atoms with E-state index in [9.17, 15) is 17.6 Å². The molecule has 0 amide bonds.